The average molecular weight is 472 g/mol. The van der Waals surface area contributed by atoms with Crippen LogP contribution in [-0.4, -0.2) is 83.1 Å². The molecule has 0 unspecified atom stereocenters. The maximum absolute atomic E-state index is 9.50. The number of aromatic nitrogens is 3. The molecule has 5 heterocycles. The lowest BCUT2D eigenvalue weighted by molar-refractivity contribution is -0.0492. The van der Waals surface area contributed by atoms with E-state index in [0.717, 1.165) is 68.8 Å². The maximum Gasteiger partial charge on any atom is 0.101 e. The number of hydrogen-bond acceptors (Lipinski definition) is 7. The number of nitriles is 1. The molecule has 0 spiro atoms. The van der Waals surface area contributed by atoms with Crippen molar-refractivity contribution in [3.63, 3.8) is 0 Å². The first kappa shape index (κ1) is 22.5. The number of rotatable bonds is 4. The molecule has 35 heavy (non-hydrogen) atoms. The minimum absolute atomic E-state index is 0.143. The first-order valence-electron chi connectivity index (χ1n) is 12.7. The lowest BCUT2D eigenvalue weighted by Crippen LogP contribution is -2.56. The highest BCUT2D eigenvalue weighted by molar-refractivity contribution is 5.95. The van der Waals surface area contributed by atoms with Crippen LogP contribution in [0.2, 0.25) is 0 Å². The van der Waals surface area contributed by atoms with Crippen LogP contribution in [0.5, 0.6) is 0 Å². The van der Waals surface area contributed by atoms with Crippen molar-refractivity contribution in [2.75, 3.05) is 51.2 Å². The van der Waals surface area contributed by atoms with E-state index in [4.69, 9.17) is 9.84 Å². The van der Waals surface area contributed by atoms with Gasteiger partial charge in [-0.15, -0.1) is 0 Å². The molecule has 0 aliphatic carbocycles. The smallest absolute Gasteiger partial charge is 0.101 e. The number of morpholine rings is 1. The molecule has 6 rings (SSSR count). The monoisotopic (exact) mass is 471 g/mol. The number of ether oxygens (including phenoxy) is 1. The van der Waals surface area contributed by atoms with Gasteiger partial charge in [-0.2, -0.15) is 10.4 Å². The molecule has 0 radical (unpaired) electrons. The van der Waals surface area contributed by atoms with Crippen molar-refractivity contribution in [3.05, 3.63) is 53.0 Å². The van der Waals surface area contributed by atoms with Gasteiger partial charge in [-0.3, -0.25) is 14.6 Å². The lowest BCUT2D eigenvalue weighted by Gasteiger charge is -2.45. The summed E-state index contributed by atoms with van der Waals surface area (Å²) >= 11 is 0. The fraction of sp³-hybridized carbons (Fsp3) is 0.519. The van der Waals surface area contributed by atoms with Crippen LogP contribution in [0.1, 0.15) is 35.5 Å². The number of aryl methyl sites for hydroxylation is 1. The van der Waals surface area contributed by atoms with Gasteiger partial charge in [0, 0.05) is 80.8 Å². The van der Waals surface area contributed by atoms with Gasteiger partial charge in [-0.05, 0) is 45.2 Å². The summed E-state index contributed by atoms with van der Waals surface area (Å²) in [6, 6.07) is 10.7. The van der Waals surface area contributed by atoms with Crippen LogP contribution in [0.25, 0.3) is 10.9 Å². The van der Waals surface area contributed by atoms with E-state index in [9.17, 15) is 5.26 Å². The van der Waals surface area contributed by atoms with E-state index in [1.54, 1.807) is 6.20 Å². The third-order valence-electron chi connectivity index (χ3n) is 7.76. The second kappa shape index (κ2) is 8.90. The summed E-state index contributed by atoms with van der Waals surface area (Å²) in [5, 5.41) is 15.5. The highest BCUT2D eigenvalue weighted by Crippen LogP contribution is 2.32. The summed E-state index contributed by atoms with van der Waals surface area (Å²) < 4.78 is 8.69. The number of benzene rings is 1. The molecule has 0 amide bonds. The number of pyridine rings is 1. The average Bonchev–Trinajstić information content (AvgIpc) is 3.15. The second-order valence-electron chi connectivity index (χ2n) is 10.4. The Morgan fingerprint density at radius 1 is 1.17 bits per heavy atom. The van der Waals surface area contributed by atoms with Crippen molar-refractivity contribution in [1.82, 2.24) is 24.6 Å². The summed E-state index contributed by atoms with van der Waals surface area (Å²) in [6.45, 7) is 11.1. The molecule has 2 saturated heterocycles. The van der Waals surface area contributed by atoms with Crippen LogP contribution in [0.4, 0.5) is 5.69 Å². The van der Waals surface area contributed by atoms with Crippen molar-refractivity contribution in [1.29, 1.82) is 5.26 Å². The number of anilines is 1. The molecule has 2 aromatic heterocycles. The van der Waals surface area contributed by atoms with E-state index in [1.807, 2.05) is 12.1 Å². The summed E-state index contributed by atoms with van der Waals surface area (Å²) in [7, 11) is 2.19. The van der Waals surface area contributed by atoms with Gasteiger partial charge in [0.25, 0.3) is 0 Å². The zero-order chi connectivity index (χ0) is 24.1. The number of hydrogen-bond donors (Lipinski definition) is 0. The Hall–Kier alpha value is -2.99. The van der Waals surface area contributed by atoms with E-state index in [0.29, 0.717) is 11.6 Å². The summed E-state index contributed by atoms with van der Waals surface area (Å²) in [5.74, 6) is 0. The van der Waals surface area contributed by atoms with Crippen molar-refractivity contribution in [3.8, 4) is 6.07 Å². The molecule has 3 aromatic rings. The third kappa shape index (κ3) is 4.08. The minimum atomic E-state index is 0.143. The van der Waals surface area contributed by atoms with Gasteiger partial charge < -0.3 is 14.5 Å². The predicted octanol–water partition coefficient (Wildman–Crippen LogP) is 2.75. The zero-order valence-electron chi connectivity index (χ0n) is 20.8. The molecular formula is C27H33N7O. The van der Waals surface area contributed by atoms with Crippen molar-refractivity contribution < 1.29 is 4.74 Å². The van der Waals surface area contributed by atoms with Crippen LogP contribution in [0.3, 0.4) is 0 Å². The van der Waals surface area contributed by atoms with Crippen molar-refractivity contribution in [2.24, 2.45) is 0 Å². The molecule has 2 atom stereocenters. The molecule has 8 heteroatoms. The minimum Gasteiger partial charge on any atom is -0.370 e. The van der Waals surface area contributed by atoms with Crippen molar-refractivity contribution >= 4 is 16.6 Å². The van der Waals surface area contributed by atoms with E-state index in [2.05, 4.69) is 63.5 Å². The summed E-state index contributed by atoms with van der Waals surface area (Å²) in [6.07, 6.45) is 3.14. The highest BCUT2D eigenvalue weighted by atomic mass is 16.5. The first-order valence-corrected chi connectivity index (χ1v) is 12.7. The molecule has 2 fully saturated rings. The largest absolute Gasteiger partial charge is 0.370 e. The zero-order valence-corrected chi connectivity index (χ0v) is 20.8. The number of likely N-dealkylation sites (N-methyl/N-ethyl adjacent to an activating group) is 1. The Morgan fingerprint density at radius 3 is 2.86 bits per heavy atom. The Kier molecular flexibility index (Phi) is 5.72. The Balaban J connectivity index is 1.14. The van der Waals surface area contributed by atoms with Crippen LogP contribution >= 0.6 is 0 Å². The van der Waals surface area contributed by atoms with E-state index in [1.165, 1.54) is 17.0 Å². The molecule has 1 aromatic carbocycles. The fourth-order valence-corrected chi connectivity index (χ4v) is 6.05. The fourth-order valence-electron chi connectivity index (χ4n) is 6.05. The highest BCUT2D eigenvalue weighted by Gasteiger charge is 2.36. The van der Waals surface area contributed by atoms with Gasteiger partial charge in [0.1, 0.15) is 6.07 Å². The van der Waals surface area contributed by atoms with E-state index < -0.39 is 0 Å². The Morgan fingerprint density at radius 2 is 2.03 bits per heavy atom. The summed E-state index contributed by atoms with van der Waals surface area (Å²) in [4.78, 5) is 11.8. The molecule has 8 nitrogen and oxygen atoms in total. The molecule has 0 N–H and O–H groups in total. The number of fused-ring (bicyclic) bond motifs is 2. The molecule has 0 saturated carbocycles. The van der Waals surface area contributed by atoms with Gasteiger partial charge in [-0.1, -0.05) is 0 Å². The van der Waals surface area contributed by atoms with E-state index >= 15 is 0 Å². The number of nitrogens with zero attached hydrogens (tertiary/aromatic N) is 7. The maximum atomic E-state index is 9.50. The molecule has 182 valence electrons. The lowest BCUT2D eigenvalue weighted by atomic mass is 10.0. The first-order chi connectivity index (χ1) is 17.0. The number of likely N-dealkylation sites (tertiary alicyclic amines) is 1. The van der Waals surface area contributed by atoms with Crippen molar-refractivity contribution in [2.45, 2.75) is 45.1 Å². The normalized spacial score (nSPS) is 23.8. The van der Waals surface area contributed by atoms with Gasteiger partial charge >= 0.3 is 0 Å². The topological polar surface area (TPSA) is 73.5 Å². The second-order valence-corrected chi connectivity index (χ2v) is 10.4. The van der Waals surface area contributed by atoms with Gasteiger partial charge in [-0.25, -0.2) is 0 Å². The Bertz CT molecular complexity index is 1290. The molecule has 3 aliphatic heterocycles. The van der Waals surface area contributed by atoms with Crippen LogP contribution in [-0.2, 0) is 17.7 Å². The third-order valence-corrected chi connectivity index (χ3v) is 7.76. The quantitative estimate of drug-likeness (QED) is 0.579. The van der Waals surface area contributed by atoms with E-state index in [-0.39, 0.29) is 12.2 Å². The molecule has 0 bridgehead atoms. The molecule has 3 aliphatic rings. The predicted molar refractivity (Wildman–Crippen MR) is 135 cm³/mol. The molecular weight excluding hydrogens is 438 g/mol. The van der Waals surface area contributed by atoms with Crippen LogP contribution in [0.15, 0.2) is 30.5 Å². The SMILES string of the molecule is Cc1nn(C2CN(C[C@H]3CN(c4ccc(C#N)c5ncccc45)C[C@@H](C)O3)C2)c2c1CN(C)CC2. The van der Waals surface area contributed by atoms with Gasteiger partial charge in [0.15, 0.2) is 0 Å². The summed E-state index contributed by atoms with van der Waals surface area (Å²) in [5.41, 5.74) is 6.60. The van der Waals surface area contributed by atoms with Gasteiger partial charge in [0.2, 0.25) is 0 Å². The van der Waals surface area contributed by atoms with Crippen LogP contribution < -0.4 is 4.90 Å². The Labute approximate surface area is 206 Å². The van der Waals surface area contributed by atoms with Gasteiger partial charge in [0.05, 0.1) is 35.0 Å². The standard InChI is InChI=1S/C27H33N7O/c1-18-12-33(25-7-6-20(11-28)27-23(25)5-4-9-29-27)16-22(35-18)15-32-13-21(14-32)34-26-8-10-31(3)17-24(26)19(2)30-34/h4-7,9,18,21-22H,8,10,12-17H2,1-3H3/t18-,22+/m1/s1. The van der Waals surface area contributed by atoms with Crippen LogP contribution in [0, 0.1) is 18.3 Å².